The van der Waals surface area contributed by atoms with Gasteiger partial charge in [0, 0.05) is 12.8 Å². The number of hydrogen-bond donors (Lipinski definition) is 0. The van der Waals surface area contributed by atoms with Crippen LogP contribution in [0.15, 0.2) is 24.3 Å². The quantitative estimate of drug-likeness (QED) is 0.0215. The summed E-state index contributed by atoms with van der Waals surface area (Å²) in [6.45, 7) is 4.14. The maximum atomic E-state index is 12.6. The topological polar surface area (TPSA) is 111 Å². The lowest BCUT2D eigenvalue weighted by Crippen LogP contribution is -2.37. The molecule has 0 aromatic carbocycles. The first kappa shape index (κ1) is 46.5. The van der Waals surface area contributed by atoms with Gasteiger partial charge in [-0.15, -0.1) is 0 Å². The van der Waals surface area contributed by atoms with E-state index in [1.165, 1.54) is 64.2 Å². The summed E-state index contributed by atoms with van der Waals surface area (Å²) in [6, 6.07) is 0. The van der Waals surface area contributed by atoms with Crippen LogP contribution in [0.1, 0.15) is 155 Å². The standard InChI is InChI=1S/C38H72NO8P/c1-6-8-10-12-14-16-17-18-19-20-21-23-25-27-29-31-38(41)47-36(35-46-48(42,43)45-33-32-39(3,4)5)34-44-37(40)30-28-26-24-22-15-13-11-9-7-2/h14,16,18-19,36H,6-13,15,17,20-35H2,1-5H3/b16-14-,19-18-/t36-/m1/s1. The largest absolute Gasteiger partial charge is 0.756 e. The van der Waals surface area contributed by atoms with Crippen LogP contribution in [0.4, 0.5) is 0 Å². The summed E-state index contributed by atoms with van der Waals surface area (Å²) in [5.41, 5.74) is 0. The van der Waals surface area contributed by atoms with E-state index in [0.29, 0.717) is 17.4 Å². The van der Waals surface area contributed by atoms with Gasteiger partial charge in [-0.3, -0.25) is 14.2 Å². The molecule has 0 bridgehead atoms. The third kappa shape index (κ3) is 34.4. The van der Waals surface area contributed by atoms with E-state index in [1.807, 2.05) is 21.1 Å². The van der Waals surface area contributed by atoms with Gasteiger partial charge in [0.05, 0.1) is 27.7 Å². The molecule has 0 aromatic rings. The Morgan fingerprint density at radius 2 is 1.12 bits per heavy atom. The second-order valence-corrected chi connectivity index (χ2v) is 15.4. The highest BCUT2D eigenvalue weighted by atomic mass is 31.2. The first-order valence-electron chi connectivity index (χ1n) is 19.0. The number of hydrogen-bond acceptors (Lipinski definition) is 8. The summed E-state index contributed by atoms with van der Waals surface area (Å²) in [6.07, 6.45) is 30.6. The number of nitrogens with zero attached hydrogens (tertiary/aromatic N) is 1. The van der Waals surface area contributed by atoms with Crippen LogP contribution < -0.4 is 4.89 Å². The summed E-state index contributed by atoms with van der Waals surface area (Å²) in [7, 11) is 1.15. The highest BCUT2D eigenvalue weighted by Gasteiger charge is 2.21. The molecule has 282 valence electrons. The Balaban J connectivity index is 4.45. The van der Waals surface area contributed by atoms with Crippen molar-refractivity contribution in [1.29, 1.82) is 0 Å². The molecular formula is C38H72NO8P. The Bertz CT molecular complexity index is 886. The minimum atomic E-state index is -4.61. The van der Waals surface area contributed by atoms with E-state index in [-0.39, 0.29) is 26.1 Å². The van der Waals surface area contributed by atoms with Crippen molar-refractivity contribution in [1.82, 2.24) is 0 Å². The second kappa shape index (κ2) is 31.5. The first-order valence-corrected chi connectivity index (χ1v) is 20.5. The Morgan fingerprint density at radius 3 is 1.69 bits per heavy atom. The maximum absolute atomic E-state index is 12.6. The number of esters is 2. The minimum absolute atomic E-state index is 0.0325. The van der Waals surface area contributed by atoms with Crippen molar-refractivity contribution in [2.45, 2.75) is 161 Å². The fraction of sp³-hybridized carbons (Fsp3) is 0.842. The summed E-state index contributed by atoms with van der Waals surface area (Å²) in [5, 5.41) is 0. The Morgan fingerprint density at radius 1 is 0.646 bits per heavy atom. The second-order valence-electron chi connectivity index (χ2n) is 13.9. The van der Waals surface area contributed by atoms with Gasteiger partial charge in [-0.1, -0.05) is 122 Å². The lowest BCUT2D eigenvalue weighted by Gasteiger charge is -2.28. The maximum Gasteiger partial charge on any atom is 0.306 e. The molecule has 1 unspecified atom stereocenters. The zero-order valence-electron chi connectivity index (χ0n) is 31.4. The molecule has 0 rings (SSSR count). The number of phosphoric acid groups is 1. The van der Waals surface area contributed by atoms with Crippen molar-refractivity contribution >= 4 is 19.8 Å². The number of carbonyl (C=O) groups excluding carboxylic acids is 2. The normalized spacial score (nSPS) is 14.0. The van der Waals surface area contributed by atoms with Crippen LogP contribution >= 0.6 is 7.82 Å². The number of phosphoric ester groups is 1. The summed E-state index contributed by atoms with van der Waals surface area (Å²) < 4.78 is 33.7. The average Bonchev–Trinajstić information content (AvgIpc) is 3.02. The fourth-order valence-corrected chi connectivity index (χ4v) is 5.65. The molecule has 0 radical (unpaired) electrons. The van der Waals surface area contributed by atoms with E-state index in [0.717, 1.165) is 57.8 Å². The number of quaternary nitrogens is 1. The van der Waals surface area contributed by atoms with Crippen LogP contribution in [0.3, 0.4) is 0 Å². The molecule has 0 aliphatic heterocycles. The van der Waals surface area contributed by atoms with Gasteiger partial charge in [-0.2, -0.15) is 0 Å². The molecule has 0 N–H and O–H groups in total. The van der Waals surface area contributed by atoms with Crippen molar-refractivity contribution in [3.05, 3.63) is 24.3 Å². The number of rotatable bonds is 34. The van der Waals surface area contributed by atoms with Gasteiger partial charge in [-0.25, -0.2) is 0 Å². The van der Waals surface area contributed by atoms with Crippen molar-refractivity contribution < 1.29 is 42.1 Å². The van der Waals surface area contributed by atoms with E-state index in [4.69, 9.17) is 18.5 Å². The molecular weight excluding hydrogens is 629 g/mol. The zero-order valence-corrected chi connectivity index (χ0v) is 32.3. The highest BCUT2D eigenvalue weighted by Crippen LogP contribution is 2.38. The smallest absolute Gasteiger partial charge is 0.306 e. The predicted octanol–water partition coefficient (Wildman–Crippen LogP) is 9.38. The number of allylic oxidation sites excluding steroid dienone is 4. The van der Waals surface area contributed by atoms with Crippen LogP contribution in [0, 0.1) is 0 Å². The van der Waals surface area contributed by atoms with Gasteiger partial charge in [0.15, 0.2) is 6.10 Å². The SMILES string of the molecule is CCCCC/C=C\C/C=C\CCCCCCCC(=O)O[C@H](COC(=O)CCCCCCCCCCC)COP(=O)([O-])OCC[N+](C)(C)C. The molecule has 10 heteroatoms. The molecule has 9 nitrogen and oxygen atoms in total. The fourth-order valence-electron chi connectivity index (χ4n) is 4.92. The van der Waals surface area contributed by atoms with Gasteiger partial charge >= 0.3 is 11.9 Å². The molecule has 2 atom stereocenters. The van der Waals surface area contributed by atoms with Gasteiger partial charge in [-0.05, 0) is 44.9 Å². The lowest BCUT2D eigenvalue weighted by atomic mass is 10.1. The van der Waals surface area contributed by atoms with Crippen LogP contribution in [0.25, 0.3) is 0 Å². The monoisotopic (exact) mass is 701 g/mol. The third-order valence-electron chi connectivity index (χ3n) is 7.97. The summed E-state index contributed by atoms with van der Waals surface area (Å²) >= 11 is 0. The summed E-state index contributed by atoms with van der Waals surface area (Å²) in [4.78, 5) is 37.2. The molecule has 0 fully saturated rings. The Kier molecular flexibility index (Phi) is 30.5. The van der Waals surface area contributed by atoms with Gasteiger partial charge in [0.1, 0.15) is 19.8 Å². The van der Waals surface area contributed by atoms with Crippen molar-refractivity contribution in [2.75, 3.05) is 47.5 Å². The average molecular weight is 702 g/mol. The van der Waals surface area contributed by atoms with Crippen molar-refractivity contribution in [3.8, 4) is 0 Å². The third-order valence-corrected chi connectivity index (χ3v) is 8.94. The highest BCUT2D eigenvalue weighted by molar-refractivity contribution is 7.45. The van der Waals surface area contributed by atoms with Crippen LogP contribution in [-0.2, 0) is 32.7 Å². The minimum Gasteiger partial charge on any atom is -0.756 e. The van der Waals surface area contributed by atoms with E-state index in [1.54, 1.807) is 0 Å². The molecule has 0 saturated carbocycles. The number of unbranched alkanes of at least 4 members (excludes halogenated alkanes) is 16. The summed E-state index contributed by atoms with van der Waals surface area (Å²) in [5.74, 6) is -0.854. The van der Waals surface area contributed by atoms with Crippen LogP contribution in [0.2, 0.25) is 0 Å². The first-order chi connectivity index (χ1) is 23.0. The molecule has 0 amide bonds. The molecule has 0 spiro atoms. The van der Waals surface area contributed by atoms with E-state index in [2.05, 4.69) is 38.2 Å². The van der Waals surface area contributed by atoms with Gasteiger partial charge in [0.2, 0.25) is 0 Å². The molecule has 0 saturated heterocycles. The Labute approximate surface area is 294 Å². The van der Waals surface area contributed by atoms with Crippen molar-refractivity contribution in [2.24, 2.45) is 0 Å². The number of likely N-dealkylation sites (N-methyl/N-ethyl adjacent to an activating group) is 1. The van der Waals surface area contributed by atoms with Gasteiger partial charge < -0.3 is 27.9 Å². The van der Waals surface area contributed by atoms with Crippen LogP contribution in [-0.4, -0.2) is 70.0 Å². The van der Waals surface area contributed by atoms with Crippen LogP contribution in [0.5, 0.6) is 0 Å². The molecule has 48 heavy (non-hydrogen) atoms. The van der Waals surface area contributed by atoms with E-state index < -0.39 is 32.5 Å². The zero-order chi connectivity index (χ0) is 35.8. The molecule has 0 aliphatic rings. The van der Waals surface area contributed by atoms with E-state index in [9.17, 15) is 19.0 Å². The molecule has 0 heterocycles. The van der Waals surface area contributed by atoms with Crippen molar-refractivity contribution in [3.63, 3.8) is 0 Å². The van der Waals surface area contributed by atoms with Gasteiger partial charge in [0.25, 0.3) is 7.82 Å². The van der Waals surface area contributed by atoms with E-state index >= 15 is 0 Å². The molecule has 0 aliphatic carbocycles. The lowest BCUT2D eigenvalue weighted by molar-refractivity contribution is -0.870. The predicted molar refractivity (Wildman–Crippen MR) is 194 cm³/mol. The number of ether oxygens (including phenoxy) is 2. The number of carbonyl (C=O) groups is 2. The Hall–Kier alpha value is -1.51. The molecule has 0 aromatic heterocycles.